The lowest BCUT2D eigenvalue weighted by molar-refractivity contribution is 0.0649. The third kappa shape index (κ3) is 2.91. The molecule has 0 bridgehead atoms. The molecule has 0 spiro atoms. The maximum Gasteiger partial charge on any atom is 0.200 e. The fraction of sp³-hybridized carbons (Fsp3) is 0.286. The molecule has 2 aliphatic rings. The maximum absolute atomic E-state index is 13.0. The van der Waals surface area contributed by atoms with Crippen LogP contribution in [0, 0.1) is 0 Å². The van der Waals surface area contributed by atoms with E-state index in [1.54, 1.807) is 12.1 Å². The zero-order chi connectivity index (χ0) is 19.3. The molecule has 0 unspecified atom stereocenters. The average Bonchev–Trinajstić information content (AvgIpc) is 3.08. The Morgan fingerprint density at radius 2 is 1.89 bits per heavy atom. The van der Waals surface area contributed by atoms with Crippen molar-refractivity contribution in [3.8, 4) is 16.9 Å². The zero-order valence-electron chi connectivity index (χ0n) is 15.1. The molecule has 144 valence electrons. The highest BCUT2D eigenvalue weighted by Gasteiger charge is 2.35. The van der Waals surface area contributed by atoms with Gasteiger partial charge in [-0.3, -0.25) is 9.69 Å². The van der Waals surface area contributed by atoms with Gasteiger partial charge in [0, 0.05) is 12.6 Å². The van der Waals surface area contributed by atoms with Crippen LogP contribution in [-0.2, 0) is 16.4 Å². The topological polar surface area (TPSA) is 76.8 Å². The first-order chi connectivity index (χ1) is 13.5. The normalized spacial score (nSPS) is 21.4. The van der Waals surface area contributed by atoms with Gasteiger partial charge in [0.1, 0.15) is 24.3 Å². The Bertz CT molecular complexity index is 1220. The predicted molar refractivity (Wildman–Crippen MR) is 106 cm³/mol. The molecule has 0 amide bonds. The van der Waals surface area contributed by atoms with Crippen molar-refractivity contribution in [2.75, 3.05) is 18.2 Å². The van der Waals surface area contributed by atoms with Crippen molar-refractivity contribution in [1.29, 1.82) is 0 Å². The number of ether oxygens (including phenoxy) is 1. The number of rotatable bonds is 2. The molecule has 28 heavy (non-hydrogen) atoms. The summed E-state index contributed by atoms with van der Waals surface area (Å²) in [4.78, 5) is 15.1. The molecule has 1 atom stereocenters. The van der Waals surface area contributed by atoms with Crippen LogP contribution >= 0.6 is 0 Å². The average molecular weight is 397 g/mol. The van der Waals surface area contributed by atoms with Crippen LogP contribution in [0.4, 0.5) is 0 Å². The lowest BCUT2D eigenvalue weighted by Crippen LogP contribution is -2.41. The first kappa shape index (κ1) is 17.5. The van der Waals surface area contributed by atoms with E-state index in [0.29, 0.717) is 42.0 Å². The standard InChI is InChI=1S/C21H19NO5S/c23-20-16-6-7-19-17(10-22(13-27-19)15-8-9-28(24,25)12-15)21(16)26-11-18(20)14-4-2-1-3-5-14/h1-7,11,15H,8-10,12-13H2/t15-/m1/s1. The second-order valence-corrected chi connectivity index (χ2v) is 9.57. The second-order valence-electron chi connectivity index (χ2n) is 7.34. The molecule has 6 nitrogen and oxygen atoms in total. The minimum Gasteiger partial charge on any atom is -0.478 e. The van der Waals surface area contributed by atoms with Crippen molar-refractivity contribution in [2.45, 2.75) is 19.0 Å². The SMILES string of the molecule is O=c1c(-c2ccccc2)coc2c3c(ccc12)OCN([C@@H]1CCS(=O)(=O)C1)C3. The van der Waals surface area contributed by atoms with Crippen molar-refractivity contribution in [2.24, 2.45) is 0 Å². The highest BCUT2D eigenvalue weighted by atomic mass is 32.2. The van der Waals surface area contributed by atoms with Crippen LogP contribution in [0.2, 0.25) is 0 Å². The Morgan fingerprint density at radius 1 is 1.07 bits per heavy atom. The molecular formula is C21H19NO5S. The third-order valence-electron chi connectivity index (χ3n) is 5.56. The van der Waals surface area contributed by atoms with E-state index in [2.05, 4.69) is 0 Å². The van der Waals surface area contributed by atoms with Gasteiger partial charge in [-0.1, -0.05) is 30.3 Å². The quantitative estimate of drug-likeness (QED) is 0.662. The van der Waals surface area contributed by atoms with Crippen molar-refractivity contribution < 1.29 is 17.6 Å². The van der Waals surface area contributed by atoms with Gasteiger partial charge in [-0.2, -0.15) is 0 Å². The van der Waals surface area contributed by atoms with Crippen LogP contribution in [0.15, 0.2) is 57.9 Å². The van der Waals surface area contributed by atoms with Gasteiger partial charge in [-0.15, -0.1) is 0 Å². The Labute approximate surface area is 162 Å². The highest BCUT2D eigenvalue weighted by molar-refractivity contribution is 7.91. The van der Waals surface area contributed by atoms with Gasteiger partial charge >= 0.3 is 0 Å². The molecule has 2 aromatic carbocycles. The fourth-order valence-electron chi connectivity index (χ4n) is 4.04. The molecule has 7 heteroatoms. The molecular weight excluding hydrogens is 378 g/mol. The van der Waals surface area contributed by atoms with Crippen LogP contribution < -0.4 is 10.2 Å². The highest BCUT2D eigenvalue weighted by Crippen LogP contribution is 2.34. The number of fused-ring (bicyclic) bond motifs is 3. The molecule has 2 aliphatic heterocycles. The van der Waals surface area contributed by atoms with Gasteiger partial charge < -0.3 is 9.15 Å². The van der Waals surface area contributed by atoms with Crippen LogP contribution in [0.25, 0.3) is 22.1 Å². The monoisotopic (exact) mass is 397 g/mol. The molecule has 1 fully saturated rings. The number of sulfone groups is 1. The molecule has 3 heterocycles. The Balaban J connectivity index is 1.56. The minimum absolute atomic E-state index is 0.0660. The number of hydrogen-bond donors (Lipinski definition) is 0. The third-order valence-corrected chi connectivity index (χ3v) is 7.31. The van der Waals surface area contributed by atoms with Gasteiger partial charge in [0.25, 0.3) is 0 Å². The van der Waals surface area contributed by atoms with Crippen molar-refractivity contribution in [3.05, 3.63) is 64.5 Å². The Hall–Kier alpha value is -2.64. The van der Waals surface area contributed by atoms with Crippen LogP contribution in [0.1, 0.15) is 12.0 Å². The van der Waals surface area contributed by atoms with Crippen LogP contribution in [0.5, 0.6) is 5.75 Å². The van der Waals surface area contributed by atoms with Gasteiger partial charge in [0.2, 0.25) is 5.43 Å². The molecule has 0 N–H and O–H groups in total. The lowest BCUT2D eigenvalue weighted by Gasteiger charge is -2.33. The fourth-order valence-corrected chi connectivity index (χ4v) is 5.80. The van der Waals surface area contributed by atoms with E-state index >= 15 is 0 Å². The number of nitrogens with zero attached hydrogens (tertiary/aromatic N) is 1. The molecule has 0 aliphatic carbocycles. The Kier molecular flexibility index (Phi) is 4.03. The summed E-state index contributed by atoms with van der Waals surface area (Å²) in [6.07, 6.45) is 2.10. The van der Waals surface area contributed by atoms with Crippen molar-refractivity contribution >= 4 is 20.8 Å². The van der Waals surface area contributed by atoms with Gasteiger partial charge in [0.15, 0.2) is 9.84 Å². The van der Waals surface area contributed by atoms with Crippen LogP contribution in [0.3, 0.4) is 0 Å². The summed E-state index contributed by atoms with van der Waals surface area (Å²) in [7, 11) is -2.98. The predicted octanol–water partition coefficient (Wildman–Crippen LogP) is 2.80. The summed E-state index contributed by atoms with van der Waals surface area (Å²) in [5.74, 6) is 1.05. The summed E-state index contributed by atoms with van der Waals surface area (Å²) >= 11 is 0. The molecule has 0 saturated carbocycles. The van der Waals surface area contributed by atoms with E-state index in [1.165, 1.54) is 6.26 Å². The lowest BCUT2D eigenvalue weighted by atomic mass is 10.0. The van der Waals surface area contributed by atoms with E-state index in [-0.39, 0.29) is 23.0 Å². The van der Waals surface area contributed by atoms with Crippen molar-refractivity contribution in [1.82, 2.24) is 4.90 Å². The molecule has 5 rings (SSSR count). The van der Waals surface area contributed by atoms with E-state index in [1.807, 2.05) is 35.2 Å². The summed E-state index contributed by atoms with van der Waals surface area (Å²) < 4.78 is 35.4. The van der Waals surface area contributed by atoms with E-state index in [0.717, 1.165) is 11.1 Å². The van der Waals surface area contributed by atoms with E-state index < -0.39 is 9.84 Å². The summed E-state index contributed by atoms with van der Waals surface area (Å²) in [5, 5.41) is 0.504. The molecule has 1 aromatic heterocycles. The summed E-state index contributed by atoms with van der Waals surface area (Å²) in [6.45, 7) is 0.839. The first-order valence-corrected chi connectivity index (χ1v) is 11.0. The van der Waals surface area contributed by atoms with Crippen molar-refractivity contribution in [3.63, 3.8) is 0 Å². The van der Waals surface area contributed by atoms with Gasteiger partial charge in [-0.05, 0) is 24.1 Å². The van der Waals surface area contributed by atoms with Crippen LogP contribution in [-0.4, -0.2) is 37.6 Å². The minimum atomic E-state index is -2.98. The molecule has 0 radical (unpaired) electrons. The van der Waals surface area contributed by atoms with Gasteiger partial charge in [-0.25, -0.2) is 8.42 Å². The molecule has 3 aromatic rings. The largest absolute Gasteiger partial charge is 0.478 e. The number of benzene rings is 2. The van der Waals surface area contributed by atoms with Gasteiger partial charge in [0.05, 0.1) is 28.0 Å². The number of hydrogen-bond acceptors (Lipinski definition) is 6. The summed E-state index contributed by atoms with van der Waals surface area (Å²) in [5.41, 5.74) is 2.54. The zero-order valence-corrected chi connectivity index (χ0v) is 15.9. The van der Waals surface area contributed by atoms with E-state index in [4.69, 9.17) is 9.15 Å². The summed E-state index contributed by atoms with van der Waals surface area (Å²) in [6, 6.07) is 12.9. The maximum atomic E-state index is 13.0. The van der Waals surface area contributed by atoms with E-state index in [9.17, 15) is 13.2 Å². The first-order valence-electron chi connectivity index (χ1n) is 9.22. The smallest absolute Gasteiger partial charge is 0.200 e. The Morgan fingerprint density at radius 3 is 2.64 bits per heavy atom. The second kappa shape index (κ2) is 6.46. The molecule has 1 saturated heterocycles.